The van der Waals surface area contributed by atoms with Crippen LogP contribution in [0.3, 0.4) is 0 Å². The zero-order chi connectivity index (χ0) is 13.8. The Kier molecular flexibility index (Phi) is 5.69. The van der Waals surface area contributed by atoms with Crippen LogP contribution in [-0.2, 0) is 17.7 Å². The van der Waals surface area contributed by atoms with E-state index in [1.165, 1.54) is 11.1 Å². The van der Waals surface area contributed by atoms with Crippen molar-refractivity contribution >= 4 is 31.9 Å². The molecule has 19 heavy (non-hydrogen) atoms. The van der Waals surface area contributed by atoms with Crippen LogP contribution in [0.1, 0.15) is 11.1 Å². The van der Waals surface area contributed by atoms with Gasteiger partial charge in [-0.2, -0.15) is 0 Å². The Morgan fingerprint density at radius 1 is 1.47 bits per heavy atom. The average molecular weight is 393 g/mol. The molecule has 0 spiro atoms. The van der Waals surface area contributed by atoms with Crippen molar-refractivity contribution in [3.05, 3.63) is 27.7 Å². The van der Waals surface area contributed by atoms with Gasteiger partial charge in [0, 0.05) is 36.7 Å². The van der Waals surface area contributed by atoms with E-state index in [2.05, 4.69) is 55.9 Å². The number of halogens is 2. The van der Waals surface area contributed by atoms with Crippen molar-refractivity contribution in [2.45, 2.75) is 17.8 Å². The monoisotopic (exact) mass is 391 g/mol. The second kappa shape index (κ2) is 7.07. The molecule has 0 bridgehead atoms. The Labute approximate surface area is 131 Å². The molecule has 0 amide bonds. The van der Waals surface area contributed by atoms with Crippen LogP contribution < -0.4 is 4.74 Å². The van der Waals surface area contributed by atoms with Gasteiger partial charge in [-0.3, -0.25) is 0 Å². The van der Waals surface area contributed by atoms with E-state index in [-0.39, 0.29) is 0 Å². The van der Waals surface area contributed by atoms with Gasteiger partial charge >= 0.3 is 0 Å². The summed E-state index contributed by atoms with van der Waals surface area (Å²) in [5.41, 5.74) is 2.56. The molecule has 3 nitrogen and oxygen atoms in total. The SMILES string of the molecule is COCC(Br)CN(C)Cc1cc(Br)cc2c1OCC2. The molecule has 1 aliphatic heterocycles. The highest BCUT2D eigenvalue weighted by Gasteiger charge is 2.19. The number of alkyl halides is 1. The molecule has 0 N–H and O–H groups in total. The minimum Gasteiger partial charge on any atom is -0.493 e. The summed E-state index contributed by atoms with van der Waals surface area (Å²) in [6.07, 6.45) is 1.01. The Hall–Kier alpha value is -0.100. The maximum Gasteiger partial charge on any atom is 0.127 e. The van der Waals surface area contributed by atoms with Gasteiger partial charge in [0.25, 0.3) is 0 Å². The minimum absolute atomic E-state index is 0.351. The Morgan fingerprint density at radius 3 is 3.00 bits per heavy atom. The smallest absolute Gasteiger partial charge is 0.127 e. The molecule has 1 unspecified atom stereocenters. The molecular formula is C14H19Br2NO2. The van der Waals surface area contributed by atoms with E-state index in [1.807, 2.05) is 0 Å². The molecule has 2 rings (SSSR count). The quantitative estimate of drug-likeness (QED) is 0.693. The third-order valence-electron chi connectivity index (χ3n) is 3.12. The van der Waals surface area contributed by atoms with Crippen molar-refractivity contribution in [1.29, 1.82) is 0 Å². The van der Waals surface area contributed by atoms with Crippen LogP contribution in [0.15, 0.2) is 16.6 Å². The standard InChI is InChI=1S/C14H19Br2NO2/c1-17(8-13(16)9-18-2)7-11-6-12(15)5-10-3-4-19-14(10)11/h5-6,13H,3-4,7-9H2,1-2H3. The molecule has 0 saturated carbocycles. The van der Waals surface area contributed by atoms with E-state index in [4.69, 9.17) is 9.47 Å². The fourth-order valence-corrected chi connectivity index (χ4v) is 3.70. The molecule has 1 aromatic carbocycles. The molecule has 1 atom stereocenters. The summed E-state index contributed by atoms with van der Waals surface area (Å²) in [5.74, 6) is 1.08. The second-order valence-electron chi connectivity index (χ2n) is 4.90. The molecule has 1 aliphatic rings. The number of nitrogens with zero attached hydrogens (tertiary/aromatic N) is 1. The van der Waals surface area contributed by atoms with Crippen molar-refractivity contribution in [3.63, 3.8) is 0 Å². The van der Waals surface area contributed by atoms with Crippen molar-refractivity contribution in [2.24, 2.45) is 0 Å². The van der Waals surface area contributed by atoms with Gasteiger partial charge in [0.15, 0.2) is 0 Å². The summed E-state index contributed by atoms with van der Waals surface area (Å²) in [5, 5.41) is 0. The van der Waals surface area contributed by atoms with Crippen LogP contribution in [0.4, 0.5) is 0 Å². The summed E-state index contributed by atoms with van der Waals surface area (Å²) in [7, 11) is 3.84. The fraction of sp³-hybridized carbons (Fsp3) is 0.571. The first kappa shape index (κ1) is 15.3. The normalized spacial score (nSPS) is 15.4. The largest absolute Gasteiger partial charge is 0.493 e. The zero-order valence-corrected chi connectivity index (χ0v) is 14.5. The summed E-state index contributed by atoms with van der Waals surface area (Å²) in [4.78, 5) is 2.63. The molecule has 0 aromatic heterocycles. The summed E-state index contributed by atoms with van der Waals surface area (Å²) in [6.45, 7) is 3.34. The highest BCUT2D eigenvalue weighted by atomic mass is 79.9. The van der Waals surface area contributed by atoms with Gasteiger partial charge in [-0.25, -0.2) is 0 Å². The van der Waals surface area contributed by atoms with E-state index in [0.29, 0.717) is 4.83 Å². The number of methoxy groups -OCH3 is 1. The maximum absolute atomic E-state index is 5.75. The molecule has 0 saturated heterocycles. The number of rotatable bonds is 6. The number of fused-ring (bicyclic) bond motifs is 1. The van der Waals surface area contributed by atoms with Gasteiger partial charge in [-0.05, 0) is 24.7 Å². The van der Waals surface area contributed by atoms with E-state index >= 15 is 0 Å². The molecule has 0 aliphatic carbocycles. The number of benzene rings is 1. The minimum atomic E-state index is 0.351. The van der Waals surface area contributed by atoms with Crippen LogP contribution >= 0.6 is 31.9 Å². The van der Waals surface area contributed by atoms with Crippen molar-refractivity contribution < 1.29 is 9.47 Å². The lowest BCUT2D eigenvalue weighted by atomic mass is 10.1. The first-order chi connectivity index (χ1) is 9.10. The first-order valence-corrected chi connectivity index (χ1v) is 8.06. The zero-order valence-electron chi connectivity index (χ0n) is 11.3. The lowest BCUT2D eigenvalue weighted by Crippen LogP contribution is -2.28. The van der Waals surface area contributed by atoms with Crippen LogP contribution in [0.5, 0.6) is 5.75 Å². The van der Waals surface area contributed by atoms with E-state index < -0.39 is 0 Å². The second-order valence-corrected chi connectivity index (χ2v) is 7.11. The predicted octanol–water partition coefficient (Wildman–Crippen LogP) is 3.23. The van der Waals surface area contributed by atoms with Gasteiger partial charge in [-0.15, -0.1) is 0 Å². The van der Waals surface area contributed by atoms with Gasteiger partial charge < -0.3 is 14.4 Å². The van der Waals surface area contributed by atoms with E-state index in [9.17, 15) is 0 Å². The lowest BCUT2D eigenvalue weighted by molar-refractivity contribution is 0.184. The highest BCUT2D eigenvalue weighted by molar-refractivity contribution is 9.10. The summed E-state index contributed by atoms with van der Waals surface area (Å²) < 4.78 is 12.0. The van der Waals surface area contributed by atoms with Gasteiger partial charge in [0.1, 0.15) is 5.75 Å². The molecule has 106 valence electrons. The van der Waals surface area contributed by atoms with Gasteiger partial charge in [0.2, 0.25) is 0 Å². The van der Waals surface area contributed by atoms with Crippen LogP contribution in [0, 0.1) is 0 Å². The Balaban J connectivity index is 2.03. The summed E-state index contributed by atoms with van der Waals surface area (Å²) in [6, 6.07) is 4.31. The van der Waals surface area contributed by atoms with Crippen molar-refractivity contribution in [1.82, 2.24) is 4.90 Å². The topological polar surface area (TPSA) is 21.7 Å². The van der Waals surface area contributed by atoms with Crippen LogP contribution in [0.2, 0.25) is 0 Å². The van der Waals surface area contributed by atoms with Gasteiger partial charge in [-0.1, -0.05) is 31.9 Å². The summed E-state index contributed by atoms with van der Waals surface area (Å²) >= 11 is 7.20. The third kappa shape index (κ3) is 4.18. The first-order valence-electron chi connectivity index (χ1n) is 6.35. The number of ether oxygens (including phenoxy) is 2. The number of hydrogen-bond acceptors (Lipinski definition) is 3. The van der Waals surface area contributed by atoms with E-state index in [0.717, 1.165) is 42.9 Å². The molecule has 0 fully saturated rings. The molecular weight excluding hydrogens is 374 g/mol. The Morgan fingerprint density at radius 2 is 2.26 bits per heavy atom. The third-order valence-corrected chi connectivity index (χ3v) is 4.13. The molecule has 1 heterocycles. The molecule has 5 heteroatoms. The number of hydrogen-bond donors (Lipinski definition) is 0. The van der Waals surface area contributed by atoms with Crippen LogP contribution in [0.25, 0.3) is 0 Å². The molecule has 1 aromatic rings. The van der Waals surface area contributed by atoms with Crippen molar-refractivity contribution in [3.8, 4) is 5.75 Å². The predicted molar refractivity (Wildman–Crippen MR) is 84.3 cm³/mol. The highest BCUT2D eigenvalue weighted by Crippen LogP contribution is 2.33. The van der Waals surface area contributed by atoms with Gasteiger partial charge in [0.05, 0.1) is 18.0 Å². The lowest BCUT2D eigenvalue weighted by Gasteiger charge is -2.21. The van der Waals surface area contributed by atoms with Crippen molar-refractivity contribution in [2.75, 3.05) is 33.9 Å². The molecule has 0 radical (unpaired) electrons. The van der Waals surface area contributed by atoms with Crippen LogP contribution in [-0.4, -0.2) is 43.6 Å². The fourth-order valence-electron chi connectivity index (χ4n) is 2.39. The Bertz CT molecular complexity index is 440. The maximum atomic E-state index is 5.75. The van der Waals surface area contributed by atoms with E-state index in [1.54, 1.807) is 7.11 Å². The average Bonchev–Trinajstić information content (AvgIpc) is 2.76.